The van der Waals surface area contributed by atoms with Gasteiger partial charge in [0.2, 0.25) is 5.88 Å². The average molecular weight is 237 g/mol. The Bertz CT molecular complexity index is 378. The number of nitrogens with two attached hydrogens (primary N) is 1. The van der Waals surface area contributed by atoms with Crippen LogP contribution in [0.1, 0.15) is 19.8 Å². The number of rotatable bonds is 6. The number of nitrogen functional groups attached to an aromatic ring is 1. The van der Waals surface area contributed by atoms with E-state index < -0.39 is 6.10 Å². The Morgan fingerprint density at radius 3 is 3.00 bits per heavy atom. The average Bonchev–Trinajstić information content (AvgIpc) is 3.10. The maximum atomic E-state index is 9.18. The molecule has 1 aromatic rings. The van der Waals surface area contributed by atoms with Crippen molar-refractivity contribution in [2.75, 3.05) is 24.2 Å². The van der Waals surface area contributed by atoms with Gasteiger partial charge in [0.05, 0.1) is 18.4 Å². The number of hydrogen-bond acceptors (Lipinski definition) is 5. The molecule has 0 saturated heterocycles. The first-order valence-corrected chi connectivity index (χ1v) is 5.96. The fourth-order valence-corrected chi connectivity index (χ4v) is 1.40. The van der Waals surface area contributed by atoms with E-state index >= 15 is 0 Å². The first kappa shape index (κ1) is 12.0. The molecule has 94 valence electrons. The monoisotopic (exact) mass is 237 g/mol. The van der Waals surface area contributed by atoms with Crippen molar-refractivity contribution >= 4 is 11.5 Å². The minimum atomic E-state index is -0.412. The molecule has 1 saturated carbocycles. The topological polar surface area (TPSA) is 80.4 Å². The van der Waals surface area contributed by atoms with E-state index in [1.54, 1.807) is 19.1 Å². The summed E-state index contributed by atoms with van der Waals surface area (Å²) < 4.78 is 5.57. The van der Waals surface area contributed by atoms with Crippen molar-refractivity contribution in [1.29, 1.82) is 0 Å². The van der Waals surface area contributed by atoms with Crippen LogP contribution in [0.5, 0.6) is 5.88 Å². The molecule has 5 nitrogen and oxygen atoms in total. The zero-order valence-electron chi connectivity index (χ0n) is 10.0. The van der Waals surface area contributed by atoms with Crippen molar-refractivity contribution < 1.29 is 9.84 Å². The molecule has 1 atom stereocenters. The number of anilines is 2. The Kier molecular flexibility index (Phi) is 3.68. The van der Waals surface area contributed by atoms with Crippen LogP contribution in [0.4, 0.5) is 11.5 Å². The quantitative estimate of drug-likeness (QED) is 0.693. The fraction of sp³-hybridized carbons (Fsp3) is 0.583. The standard InChI is InChI=1S/C12H19N3O2/c1-8(16)6-14-11-5-4-10(13)12(15-11)17-7-9-2-3-9/h4-5,8-9,16H,2-3,6-7,13H2,1H3,(H,14,15). The van der Waals surface area contributed by atoms with Gasteiger partial charge in [-0.25, -0.2) is 0 Å². The van der Waals surface area contributed by atoms with Gasteiger partial charge in [-0.3, -0.25) is 0 Å². The molecule has 5 heteroatoms. The van der Waals surface area contributed by atoms with Gasteiger partial charge in [-0.1, -0.05) is 0 Å². The van der Waals surface area contributed by atoms with Crippen LogP contribution in [0, 0.1) is 5.92 Å². The molecular weight excluding hydrogens is 218 g/mol. The van der Waals surface area contributed by atoms with E-state index in [4.69, 9.17) is 10.5 Å². The second-order valence-corrected chi connectivity index (χ2v) is 4.58. The first-order chi connectivity index (χ1) is 8.15. The van der Waals surface area contributed by atoms with E-state index in [0.29, 0.717) is 36.5 Å². The van der Waals surface area contributed by atoms with Crippen LogP contribution in [0.2, 0.25) is 0 Å². The number of nitrogens with one attached hydrogen (secondary N) is 1. The molecule has 0 aromatic carbocycles. The van der Waals surface area contributed by atoms with Gasteiger partial charge in [0.1, 0.15) is 5.82 Å². The molecule has 1 aromatic heterocycles. The zero-order valence-corrected chi connectivity index (χ0v) is 10.0. The molecule has 0 aliphatic heterocycles. The van der Waals surface area contributed by atoms with Crippen LogP contribution in [0.15, 0.2) is 12.1 Å². The molecular formula is C12H19N3O2. The largest absolute Gasteiger partial charge is 0.476 e. The van der Waals surface area contributed by atoms with Gasteiger partial charge >= 0.3 is 0 Å². The molecule has 0 bridgehead atoms. The Balaban J connectivity index is 1.94. The molecule has 0 radical (unpaired) electrons. The minimum absolute atomic E-state index is 0.412. The summed E-state index contributed by atoms with van der Waals surface area (Å²) in [5.41, 5.74) is 6.34. The molecule has 1 heterocycles. The lowest BCUT2D eigenvalue weighted by atomic mass is 10.3. The van der Waals surface area contributed by atoms with E-state index in [0.717, 1.165) is 0 Å². The summed E-state index contributed by atoms with van der Waals surface area (Å²) in [6, 6.07) is 3.54. The zero-order chi connectivity index (χ0) is 12.3. The number of nitrogens with zero attached hydrogens (tertiary/aromatic N) is 1. The molecule has 17 heavy (non-hydrogen) atoms. The Labute approximate surface area is 101 Å². The molecule has 1 aliphatic rings. The molecule has 0 spiro atoms. The van der Waals surface area contributed by atoms with Crippen LogP contribution in [-0.4, -0.2) is 29.3 Å². The maximum absolute atomic E-state index is 9.18. The summed E-state index contributed by atoms with van der Waals surface area (Å²) in [4.78, 5) is 4.27. The van der Waals surface area contributed by atoms with E-state index in [1.807, 2.05) is 0 Å². The summed E-state index contributed by atoms with van der Waals surface area (Å²) in [6.07, 6.45) is 2.06. The SMILES string of the molecule is CC(O)CNc1ccc(N)c(OCC2CC2)n1. The Morgan fingerprint density at radius 2 is 2.35 bits per heavy atom. The highest BCUT2D eigenvalue weighted by Crippen LogP contribution is 2.30. The van der Waals surface area contributed by atoms with Crippen molar-refractivity contribution in [1.82, 2.24) is 4.98 Å². The van der Waals surface area contributed by atoms with Gasteiger partial charge in [-0.05, 0) is 37.8 Å². The third kappa shape index (κ3) is 3.78. The second-order valence-electron chi connectivity index (χ2n) is 4.58. The highest BCUT2D eigenvalue weighted by molar-refractivity contribution is 5.53. The smallest absolute Gasteiger partial charge is 0.239 e. The van der Waals surface area contributed by atoms with E-state index in [-0.39, 0.29) is 0 Å². The summed E-state index contributed by atoms with van der Waals surface area (Å²) in [5, 5.41) is 12.2. The van der Waals surface area contributed by atoms with Crippen LogP contribution in [0.25, 0.3) is 0 Å². The number of aliphatic hydroxyl groups is 1. The predicted octanol–water partition coefficient (Wildman–Crippen LogP) is 1.25. The minimum Gasteiger partial charge on any atom is -0.476 e. The van der Waals surface area contributed by atoms with Crippen LogP contribution in [-0.2, 0) is 0 Å². The highest BCUT2D eigenvalue weighted by Gasteiger charge is 2.22. The third-order valence-corrected chi connectivity index (χ3v) is 2.62. The van der Waals surface area contributed by atoms with Crippen LogP contribution < -0.4 is 15.8 Å². The maximum Gasteiger partial charge on any atom is 0.239 e. The lowest BCUT2D eigenvalue weighted by Crippen LogP contribution is -2.16. The van der Waals surface area contributed by atoms with Crippen LogP contribution in [0.3, 0.4) is 0 Å². The van der Waals surface area contributed by atoms with E-state index in [1.165, 1.54) is 12.8 Å². The van der Waals surface area contributed by atoms with E-state index in [2.05, 4.69) is 10.3 Å². The van der Waals surface area contributed by atoms with Crippen molar-refractivity contribution in [2.24, 2.45) is 5.92 Å². The van der Waals surface area contributed by atoms with Gasteiger partial charge in [0.15, 0.2) is 0 Å². The number of aromatic nitrogens is 1. The molecule has 2 rings (SSSR count). The second kappa shape index (κ2) is 5.23. The molecule has 0 amide bonds. The number of hydrogen-bond donors (Lipinski definition) is 3. The molecule has 1 aliphatic carbocycles. The lowest BCUT2D eigenvalue weighted by Gasteiger charge is -2.11. The Hall–Kier alpha value is -1.49. The summed E-state index contributed by atoms with van der Waals surface area (Å²) >= 11 is 0. The van der Waals surface area contributed by atoms with E-state index in [9.17, 15) is 5.11 Å². The van der Waals surface area contributed by atoms with Gasteiger partial charge in [-0.2, -0.15) is 4.98 Å². The summed E-state index contributed by atoms with van der Waals surface area (Å²) in [6.45, 7) is 2.87. The normalized spacial score (nSPS) is 16.6. The number of pyridine rings is 1. The van der Waals surface area contributed by atoms with Crippen molar-refractivity contribution in [3.05, 3.63) is 12.1 Å². The van der Waals surface area contributed by atoms with Gasteiger partial charge in [-0.15, -0.1) is 0 Å². The van der Waals surface area contributed by atoms with Crippen LogP contribution >= 0.6 is 0 Å². The molecule has 4 N–H and O–H groups in total. The number of aliphatic hydroxyl groups excluding tert-OH is 1. The number of ether oxygens (including phenoxy) is 1. The molecule has 1 unspecified atom stereocenters. The molecule has 1 fully saturated rings. The van der Waals surface area contributed by atoms with Gasteiger partial charge < -0.3 is 20.9 Å². The lowest BCUT2D eigenvalue weighted by molar-refractivity contribution is 0.208. The Morgan fingerprint density at radius 1 is 1.59 bits per heavy atom. The van der Waals surface area contributed by atoms with Crippen molar-refractivity contribution in [2.45, 2.75) is 25.9 Å². The predicted molar refractivity (Wildman–Crippen MR) is 67.0 cm³/mol. The third-order valence-electron chi connectivity index (χ3n) is 2.62. The summed E-state index contributed by atoms with van der Waals surface area (Å²) in [5.74, 6) is 1.82. The summed E-state index contributed by atoms with van der Waals surface area (Å²) in [7, 11) is 0. The highest BCUT2D eigenvalue weighted by atomic mass is 16.5. The fourth-order valence-electron chi connectivity index (χ4n) is 1.40. The van der Waals surface area contributed by atoms with Gasteiger partial charge in [0, 0.05) is 6.54 Å². The van der Waals surface area contributed by atoms with Gasteiger partial charge in [0.25, 0.3) is 0 Å². The van der Waals surface area contributed by atoms with Crippen molar-refractivity contribution in [3.8, 4) is 5.88 Å². The van der Waals surface area contributed by atoms with Crippen molar-refractivity contribution in [3.63, 3.8) is 0 Å². The first-order valence-electron chi connectivity index (χ1n) is 5.96.